The van der Waals surface area contributed by atoms with Gasteiger partial charge >= 0.3 is 6.18 Å². The number of sulfone groups is 1. The molecule has 2 rings (SSSR count). The minimum Gasteiger partial charge on any atom is -0.351 e. The van der Waals surface area contributed by atoms with Gasteiger partial charge < -0.3 is 5.32 Å². The third-order valence-electron chi connectivity index (χ3n) is 4.09. The van der Waals surface area contributed by atoms with E-state index in [1.165, 1.54) is 6.92 Å². The van der Waals surface area contributed by atoms with Crippen molar-refractivity contribution in [2.75, 3.05) is 24.6 Å². The van der Waals surface area contributed by atoms with Crippen LogP contribution in [-0.4, -0.2) is 57.7 Å². The minimum atomic E-state index is -4.59. The van der Waals surface area contributed by atoms with Crippen LogP contribution in [0, 0.1) is 0 Å². The van der Waals surface area contributed by atoms with E-state index in [4.69, 9.17) is 0 Å². The van der Waals surface area contributed by atoms with E-state index < -0.39 is 50.1 Å². The molecule has 1 aromatic carbocycles. The largest absolute Gasteiger partial charge is 0.416 e. The lowest BCUT2D eigenvalue weighted by Gasteiger charge is -2.21. The first kappa shape index (κ1) is 21.6. The molecule has 0 aliphatic carbocycles. The summed E-state index contributed by atoms with van der Waals surface area (Å²) in [5, 5.41) is 2.48. The van der Waals surface area contributed by atoms with Crippen molar-refractivity contribution >= 4 is 25.8 Å². The van der Waals surface area contributed by atoms with Gasteiger partial charge in [0.2, 0.25) is 15.9 Å². The number of nitrogens with zero attached hydrogens (tertiary/aromatic N) is 1. The number of sulfonamides is 1. The Hall–Kier alpha value is -1.66. The maximum absolute atomic E-state index is 12.6. The van der Waals surface area contributed by atoms with Gasteiger partial charge in [-0.15, -0.1) is 0 Å². The van der Waals surface area contributed by atoms with E-state index >= 15 is 0 Å². The molecule has 0 bridgehead atoms. The molecule has 1 N–H and O–H groups in total. The molecule has 0 radical (unpaired) electrons. The van der Waals surface area contributed by atoms with E-state index in [0.717, 1.165) is 16.4 Å². The van der Waals surface area contributed by atoms with E-state index in [-0.39, 0.29) is 29.4 Å². The van der Waals surface area contributed by atoms with Crippen LogP contribution >= 0.6 is 0 Å². The maximum atomic E-state index is 12.6. The maximum Gasteiger partial charge on any atom is 0.416 e. The van der Waals surface area contributed by atoms with E-state index in [0.29, 0.717) is 12.1 Å². The first-order valence-corrected chi connectivity index (χ1v) is 11.3. The van der Waals surface area contributed by atoms with Crippen molar-refractivity contribution in [2.45, 2.75) is 30.5 Å². The summed E-state index contributed by atoms with van der Waals surface area (Å²) >= 11 is 0. The third-order valence-corrected chi connectivity index (χ3v) is 7.79. The number of rotatable bonds is 6. The molecule has 7 nitrogen and oxygen atoms in total. The Morgan fingerprint density at radius 3 is 2.30 bits per heavy atom. The zero-order valence-electron chi connectivity index (χ0n) is 14.4. The Morgan fingerprint density at radius 2 is 1.85 bits per heavy atom. The number of likely N-dealkylation sites (N-methyl/N-ethyl adjacent to an activating group) is 1. The van der Waals surface area contributed by atoms with Crippen molar-refractivity contribution in [3.63, 3.8) is 0 Å². The summed E-state index contributed by atoms with van der Waals surface area (Å²) in [4.78, 5) is 11.7. The summed E-state index contributed by atoms with van der Waals surface area (Å²) in [5.74, 6) is -0.912. The number of benzene rings is 1. The van der Waals surface area contributed by atoms with Gasteiger partial charge in [-0.3, -0.25) is 4.79 Å². The van der Waals surface area contributed by atoms with Gasteiger partial charge in [0.15, 0.2) is 9.84 Å². The molecule has 1 fully saturated rings. The molecular formula is C15H19F3N2O5S2. The molecule has 0 spiro atoms. The van der Waals surface area contributed by atoms with Crippen molar-refractivity contribution < 1.29 is 34.8 Å². The summed E-state index contributed by atoms with van der Waals surface area (Å²) in [7, 11) is -7.38. The van der Waals surface area contributed by atoms with Crippen molar-refractivity contribution in [3.8, 4) is 0 Å². The van der Waals surface area contributed by atoms with Crippen LogP contribution in [-0.2, 0) is 30.8 Å². The first-order valence-electron chi connectivity index (χ1n) is 8.02. The number of alkyl halides is 3. The predicted octanol–water partition coefficient (Wildman–Crippen LogP) is 1.02. The average molecular weight is 428 g/mol. The number of hydrogen-bond donors (Lipinski definition) is 1. The van der Waals surface area contributed by atoms with Crippen LogP contribution in [0.15, 0.2) is 29.2 Å². The molecule has 1 atom stereocenters. The lowest BCUT2D eigenvalue weighted by Crippen LogP contribution is -2.44. The van der Waals surface area contributed by atoms with Crippen molar-refractivity contribution in [3.05, 3.63) is 29.8 Å². The number of nitrogens with one attached hydrogen (secondary N) is 1. The summed E-state index contributed by atoms with van der Waals surface area (Å²) < 4.78 is 86.6. The quantitative estimate of drug-likeness (QED) is 0.729. The van der Waals surface area contributed by atoms with E-state index in [1.54, 1.807) is 0 Å². The van der Waals surface area contributed by atoms with Gasteiger partial charge in [-0.1, -0.05) is 6.92 Å². The van der Waals surface area contributed by atoms with Crippen molar-refractivity contribution in [1.82, 2.24) is 9.62 Å². The van der Waals surface area contributed by atoms with Crippen molar-refractivity contribution in [1.29, 1.82) is 0 Å². The number of halogens is 3. The molecule has 0 aromatic heterocycles. The molecule has 12 heteroatoms. The molecule has 1 unspecified atom stereocenters. The summed E-state index contributed by atoms with van der Waals surface area (Å²) in [6.07, 6.45) is -4.33. The zero-order chi connectivity index (χ0) is 20.5. The van der Waals surface area contributed by atoms with Gasteiger partial charge in [-0.25, -0.2) is 16.8 Å². The molecule has 1 saturated heterocycles. The first-order chi connectivity index (χ1) is 12.3. The Balaban J connectivity index is 2.09. The second kappa shape index (κ2) is 7.76. The van der Waals surface area contributed by atoms with Crippen LogP contribution in [0.2, 0.25) is 0 Å². The van der Waals surface area contributed by atoms with Gasteiger partial charge in [0.25, 0.3) is 0 Å². The second-order valence-corrected chi connectivity index (χ2v) is 10.3. The van der Waals surface area contributed by atoms with Gasteiger partial charge in [0.1, 0.15) is 0 Å². The average Bonchev–Trinajstić information content (AvgIpc) is 2.90. The fourth-order valence-electron chi connectivity index (χ4n) is 2.67. The minimum absolute atomic E-state index is 0.0424. The van der Waals surface area contributed by atoms with Crippen LogP contribution in [0.1, 0.15) is 18.9 Å². The molecular weight excluding hydrogens is 409 g/mol. The summed E-state index contributed by atoms with van der Waals surface area (Å²) in [6, 6.07) is 2.41. The molecule has 1 heterocycles. The van der Waals surface area contributed by atoms with Crippen LogP contribution in [0.5, 0.6) is 0 Å². The molecule has 0 saturated carbocycles. The van der Waals surface area contributed by atoms with E-state index in [9.17, 15) is 34.8 Å². The molecule has 27 heavy (non-hydrogen) atoms. The number of hydrogen-bond acceptors (Lipinski definition) is 5. The van der Waals surface area contributed by atoms with Crippen molar-refractivity contribution in [2.24, 2.45) is 0 Å². The Kier molecular flexibility index (Phi) is 6.22. The van der Waals surface area contributed by atoms with Gasteiger partial charge in [-0.05, 0) is 30.7 Å². The number of carbonyl (C=O) groups is 1. The highest BCUT2D eigenvalue weighted by Crippen LogP contribution is 2.30. The van der Waals surface area contributed by atoms with Crippen LogP contribution in [0.25, 0.3) is 0 Å². The molecule has 1 aliphatic heterocycles. The second-order valence-electron chi connectivity index (χ2n) is 6.12. The lowest BCUT2D eigenvalue weighted by molar-refractivity contribution is -0.137. The summed E-state index contributed by atoms with van der Waals surface area (Å²) in [5.41, 5.74) is -0.982. The number of amides is 1. The van der Waals surface area contributed by atoms with Crippen LogP contribution in [0.3, 0.4) is 0 Å². The van der Waals surface area contributed by atoms with Crippen LogP contribution < -0.4 is 5.32 Å². The van der Waals surface area contributed by atoms with E-state index in [1.807, 2.05) is 0 Å². The SMILES string of the molecule is CCN(CC(=O)NC1CCS(=O)(=O)C1)S(=O)(=O)c1ccc(C(F)(F)F)cc1. The monoisotopic (exact) mass is 428 g/mol. The highest BCUT2D eigenvalue weighted by Gasteiger charge is 2.33. The third kappa shape index (κ3) is 5.42. The smallest absolute Gasteiger partial charge is 0.351 e. The zero-order valence-corrected chi connectivity index (χ0v) is 16.0. The predicted molar refractivity (Wildman–Crippen MR) is 91.1 cm³/mol. The Morgan fingerprint density at radius 1 is 1.26 bits per heavy atom. The standard InChI is InChI=1S/C15H19F3N2O5S2/c1-2-20(9-14(21)19-12-7-8-26(22,23)10-12)27(24,25)13-5-3-11(4-6-13)15(16,17)18/h3-6,12H,2,7-10H2,1H3,(H,19,21). The highest BCUT2D eigenvalue weighted by molar-refractivity contribution is 7.91. The fourth-order valence-corrected chi connectivity index (χ4v) is 5.75. The topological polar surface area (TPSA) is 101 Å². The molecule has 152 valence electrons. The van der Waals surface area contributed by atoms with Gasteiger partial charge in [0, 0.05) is 12.6 Å². The van der Waals surface area contributed by atoms with Crippen LogP contribution in [0.4, 0.5) is 13.2 Å². The molecule has 1 aromatic rings. The van der Waals surface area contributed by atoms with Gasteiger partial charge in [-0.2, -0.15) is 17.5 Å². The number of carbonyl (C=O) groups excluding carboxylic acids is 1. The Labute approximate surface area is 155 Å². The van der Waals surface area contributed by atoms with E-state index in [2.05, 4.69) is 5.32 Å². The lowest BCUT2D eigenvalue weighted by atomic mass is 10.2. The summed E-state index contributed by atoms with van der Waals surface area (Å²) in [6.45, 7) is 0.838. The van der Waals surface area contributed by atoms with Gasteiger partial charge in [0.05, 0.1) is 28.5 Å². The normalized spacial score (nSPS) is 20.0. The Bertz CT molecular complexity index is 896. The molecule has 1 aliphatic rings. The molecule has 1 amide bonds. The highest BCUT2D eigenvalue weighted by atomic mass is 32.2. The fraction of sp³-hybridized carbons (Fsp3) is 0.533.